The van der Waals surface area contributed by atoms with Crippen LogP contribution in [-0.4, -0.2) is 36.5 Å². The smallest absolute Gasteiger partial charge is 0.410 e. The van der Waals surface area contributed by atoms with Crippen LogP contribution in [0.3, 0.4) is 0 Å². The molecule has 1 aliphatic heterocycles. The molecule has 0 unspecified atom stereocenters. The zero-order valence-electron chi connectivity index (χ0n) is 10.5. The summed E-state index contributed by atoms with van der Waals surface area (Å²) in [6.45, 7) is 0.457. The Bertz CT molecular complexity index is 438. The number of aldehydes is 1. The lowest BCUT2D eigenvalue weighted by atomic mass is 9.97. The molecule has 102 valence electrons. The summed E-state index contributed by atoms with van der Waals surface area (Å²) in [7, 11) is 0. The number of amides is 1. The number of nitrogens with zero attached hydrogens (tertiary/aromatic N) is 1. The molecule has 1 saturated heterocycles. The van der Waals surface area contributed by atoms with Gasteiger partial charge in [-0.1, -0.05) is 30.3 Å². The summed E-state index contributed by atoms with van der Waals surface area (Å²) in [6, 6.07) is 9.30. The summed E-state index contributed by atoms with van der Waals surface area (Å²) in [5.41, 5.74) is 0.885. The molecule has 0 bridgehead atoms. The van der Waals surface area contributed by atoms with Gasteiger partial charge in [0.05, 0.1) is 6.54 Å². The first-order valence-electron chi connectivity index (χ1n) is 6.25. The van der Waals surface area contributed by atoms with Gasteiger partial charge in [0.25, 0.3) is 0 Å². The minimum absolute atomic E-state index is 0.0724. The van der Waals surface area contributed by atoms with E-state index in [0.29, 0.717) is 19.3 Å². The summed E-state index contributed by atoms with van der Waals surface area (Å²) in [5.74, 6) is -0.599. The van der Waals surface area contributed by atoms with Crippen LogP contribution in [0.5, 0.6) is 0 Å². The van der Waals surface area contributed by atoms with E-state index in [-0.39, 0.29) is 13.2 Å². The Morgan fingerprint density at radius 2 is 2.16 bits per heavy atom. The molecule has 1 amide bonds. The van der Waals surface area contributed by atoms with E-state index in [9.17, 15) is 14.0 Å². The number of carbonyl (C=O) groups is 2. The van der Waals surface area contributed by atoms with Gasteiger partial charge in [-0.25, -0.2) is 9.18 Å². The molecule has 1 fully saturated rings. The fraction of sp³-hybridized carbons (Fsp3) is 0.429. The topological polar surface area (TPSA) is 46.6 Å². The predicted octanol–water partition coefficient (Wildman–Crippen LogP) is 2.18. The molecular weight excluding hydrogens is 249 g/mol. The first-order valence-corrected chi connectivity index (χ1v) is 6.25. The fourth-order valence-corrected chi connectivity index (χ4v) is 2.05. The molecule has 2 atom stereocenters. The Hall–Kier alpha value is -1.91. The Balaban J connectivity index is 1.82. The minimum Gasteiger partial charge on any atom is -0.445 e. The number of hydrogen-bond acceptors (Lipinski definition) is 3. The van der Waals surface area contributed by atoms with Crippen molar-refractivity contribution in [1.82, 2.24) is 4.90 Å². The highest BCUT2D eigenvalue weighted by Gasteiger charge is 2.31. The van der Waals surface area contributed by atoms with Crippen molar-refractivity contribution in [2.24, 2.45) is 5.92 Å². The molecule has 1 heterocycles. The maximum Gasteiger partial charge on any atom is 0.410 e. The van der Waals surface area contributed by atoms with Crippen molar-refractivity contribution in [3.63, 3.8) is 0 Å². The lowest BCUT2D eigenvalue weighted by Crippen LogP contribution is -2.45. The summed E-state index contributed by atoms with van der Waals surface area (Å²) in [4.78, 5) is 23.7. The van der Waals surface area contributed by atoms with Gasteiger partial charge >= 0.3 is 6.09 Å². The summed E-state index contributed by atoms with van der Waals surface area (Å²) in [6.07, 6.45) is -0.853. The second-order valence-electron chi connectivity index (χ2n) is 4.59. The predicted molar refractivity (Wildman–Crippen MR) is 67.3 cm³/mol. The molecule has 2 rings (SSSR count). The van der Waals surface area contributed by atoms with Gasteiger partial charge in [0.15, 0.2) is 0 Å². The van der Waals surface area contributed by atoms with Crippen molar-refractivity contribution >= 4 is 12.4 Å². The fourth-order valence-electron chi connectivity index (χ4n) is 2.05. The quantitative estimate of drug-likeness (QED) is 0.787. The van der Waals surface area contributed by atoms with Crippen LogP contribution in [0.25, 0.3) is 0 Å². The van der Waals surface area contributed by atoms with E-state index >= 15 is 0 Å². The Morgan fingerprint density at radius 1 is 1.42 bits per heavy atom. The molecule has 19 heavy (non-hydrogen) atoms. The van der Waals surface area contributed by atoms with E-state index < -0.39 is 18.2 Å². The highest BCUT2D eigenvalue weighted by Crippen LogP contribution is 2.19. The number of hydrogen-bond donors (Lipinski definition) is 0. The van der Waals surface area contributed by atoms with Crippen LogP contribution < -0.4 is 0 Å². The number of piperidine rings is 1. The zero-order chi connectivity index (χ0) is 13.7. The zero-order valence-corrected chi connectivity index (χ0v) is 10.5. The van der Waals surface area contributed by atoms with Gasteiger partial charge in [0.1, 0.15) is 19.1 Å². The second kappa shape index (κ2) is 6.31. The molecule has 5 heteroatoms. The lowest BCUT2D eigenvalue weighted by molar-refractivity contribution is -0.114. The maximum absolute atomic E-state index is 13.5. The van der Waals surface area contributed by atoms with Crippen molar-refractivity contribution in [3.05, 3.63) is 35.9 Å². The molecule has 0 saturated carbocycles. The van der Waals surface area contributed by atoms with Gasteiger partial charge in [-0.05, 0) is 12.0 Å². The minimum atomic E-state index is -1.30. The van der Waals surface area contributed by atoms with Gasteiger partial charge < -0.3 is 14.4 Å². The standard InChI is InChI=1S/C14H16FNO3/c15-13-8-16(7-6-12(13)9-17)14(18)19-10-11-4-2-1-3-5-11/h1-5,9,12-13H,6-8,10H2/t12-,13-/m1/s1. The van der Waals surface area contributed by atoms with Crippen molar-refractivity contribution in [2.45, 2.75) is 19.2 Å². The highest BCUT2D eigenvalue weighted by atomic mass is 19.1. The van der Waals surface area contributed by atoms with Gasteiger partial charge in [-0.3, -0.25) is 0 Å². The number of rotatable bonds is 3. The Labute approximate surface area is 111 Å². The number of alkyl halides is 1. The first kappa shape index (κ1) is 13.5. The monoisotopic (exact) mass is 265 g/mol. The van der Waals surface area contributed by atoms with Gasteiger partial charge in [-0.2, -0.15) is 0 Å². The van der Waals surface area contributed by atoms with Crippen LogP contribution in [0.2, 0.25) is 0 Å². The molecule has 0 spiro atoms. The molecular formula is C14H16FNO3. The molecule has 1 aliphatic rings. The number of benzene rings is 1. The number of ether oxygens (including phenoxy) is 1. The summed E-state index contributed by atoms with van der Waals surface area (Å²) >= 11 is 0. The largest absolute Gasteiger partial charge is 0.445 e. The van der Waals surface area contributed by atoms with E-state index in [1.54, 1.807) is 0 Å². The average Bonchev–Trinajstić information content (AvgIpc) is 2.45. The lowest BCUT2D eigenvalue weighted by Gasteiger charge is -2.31. The molecule has 0 N–H and O–H groups in total. The van der Waals surface area contributed by atoms with E-state index in [2.05, 4.69) is 0 Å². The van der Waals surface area contributed by atoms with Crippen molar-refractivity contribution in [3.8, 4) is 0 Å². The van der Waals surface area contributed by atoms with Crippen LogP contribution >= 0.6 is 0 Å². The molecule has 1 aromatic carbocycles. The average molecular weight is 265 g/mol. The van der Waals surface area contributed by atoms with Crippen LogP contribution in [0.4, 0.5) is 9.18 Å². The normalized spacial score (nSPS) is 22.9. The van der Waals surface area contributed by atoms with E-state index in [1.807, 2.05) is 30.3 Å². The van der Waals surface area contributed by atoms with Crippen molar-refractivity contribution < 1.29 is 18.7 Å². The van der Waals surface area contributed by atoms with Crippen LogP contribution in [-0.2, 0) is 16.1 Å². The van der Waals surface area contributed by atoms with E-state index in [4.69, 9.17) is 4.74 Å². The van der Waals surface area contributed by atoms with Gasteiger partial charge in [0.2, 0.25) is 0 Å². The molecule has 0 aliphatic carbocycles. The number of likely N-dealkylation sites (tertiary alicyclic amines) is 1. The second-order valence-corrected chi connectivity index (χ2v) is 4.59. The van der Waals surface area contributed by atoms with Gasteiger partial charge in [0, 0.05) is 12.5 Å². The number of halogens is 1. The molecule has 0 aromatic heterocycles. The van der Waals surface area contributed by atoms with Crippen molar-refractivity contribution in [2.75, 3.05) is 13.1 Å². The molecule has 1 aromatic rings. The van der Waals surface area contributed by atoms with Crippen molar-refractivity contribution in [1.29, 1.82) is 0 Å². The third kappa shape index (κ3) is 3.53. The summed E-state index contributed by atoms with van der Waals surface area (Å²) < 4.78 is 18.7. The Morgan fingerprint density at radius 3 is 2.79 bits per heavy atom. The van der Waals surface area contributed by atoms with E-state index in [0.717, 1.165) is 5.56 Å². The van der Waals surface area contributed by atoms with Crippen LogP contribution in [0.1, 0.15) is 12.0 Å². The number of carbonyl (C=O) groups excluding carboxylic acids is 2. The van der Waals surface area contributed by atoms with Crippen LogP contribution in [0.15, 0.2) is 30.3 Å². The highest BCUT2D eigenvalue weighted by molar-refractivity contribution is 5.68. The van der Waals surface area contributed by atoms with Crippen LogP contribution in [0, 0.1) is 5.92 Å². The molecule has 0 radical (unpaired) electrons. The van der Waals surface area contributed by atoms with Gasteiger partial charge in [-0.15, -0.1) is 0 Å². The first-order chi connectivity index (χ1) is 9.20. The Kier molecular flexibility index (Phi) is 4.49. The summed E-state index contributed by atoms with van der Waals surface area (Å²) in [5, 5.41) is 0. The third-order valence-corrected chi connectivity index (χ3v) is 3.23. The third-order valence-electron chi connectivity index (χ3n) is 3.23. The SMILES string of the molecule is O=C[C@H]1CCN(C(=O)OCc2ccccc2)C[C@H]1F. The molecule has 4 nitrogen and oxygen atoms in total. The maximum atomic E-state index is 13.5. The van der Waals surface area contributed by atoms with E-state index in [1.165, 1.54) is 4.90 Å².